The Morgan fingerprint density at radius 1 is 0.923 bits per heavy atom. The molecule has 5 heteroatoms. The molecule has 2 aromatic rings. The monoisotopic (exact) mass is 352 g/mol. The Balaban J connectivity index is 1.35. The Morgan fingerprint density at radius 3 is 2.35 bits per heavy atom. The molecule has 136 valence electrons. The summed E-state index contributed by atoms with van der Waals surface area (Å²) in [5.74, 6) is 0.213. The molecule has 0 spiro atoms. The number of amides is 2. The molecule has 2 N–H and O–H groups in total. The summed E-state index contributed by atoms with van der Waals surface area (Å²) in [4.78, 5) is 24.1. The molecular formula is C21H24N2O3. The van der Waals surface area contributed by atoms with Crippen LogP contribution in [0.5, 0.6) is 0 Å². The highest BCUT2D eigenvalue weighted by Crippen LogP contribution is 2.18. The minimum atomic E-state index is -0.0646. The fourth-order valence-electron chi connectivity index (χ4n) is 3.06. The summed E-state index contributed by atoms with van der Waals surface area (Å²) in [6.07, 6.45) is 1.22. The van der Waals surface area contributed by atoms with E-state index in [1.807, 2.05) is 48.5 Å². The van der Waals surface area contributed by atoms with Crippen LogP contribution in [0.15, 0.2) is 60.7 Å². The summed E-state index contributed by atoms with van der Waals surface area (Å²) in [6, 6.07) is 18.9. The molecular weight excluding hydrogens is 328 g/mol. The van der Waals surface area contributed by atoms with E-state index < -0.39 is 0 Å². The third-order valence-electron chi connectivity index (χ3n) is 4.49. The van der Waals surface area contributed by atoms with Gasteiger partial charge in [-0.1, -0.05) is 48.5 Å². The quantitative estimate of drug-likeness (QED) is 0.803. The molecule has 26 heavy (non-hydrogen) atoms. The summed E-state index contributed by atoms with van der Waals surface area (Å²) in [5, 5.41) is 5.89. The number of rotatable bonds is 7. The lowest BCUT2D eigenvalue weighted by molar-refractivity contribution is -0.120. The van der Waals surface area contributed by atoms with Crippen molar-refractivity contribution >= 4 is 11.8 Å². The van der Waals surface area contributed by atoms with E-state index in [9.17, 15) is 9.59 Å². The van der Waals surface area contributed by atoms with Gasteiger partial charge in [0.2, 0.25) is 5.91 Å². The third-order valence-corrected chi connectivity index (χ3v) is 4.49. The first-order chi connectivity index (χ1) is 12.7. The van der Waals surface area contributed by atoms with Crippen LogP contribution < -0.4 is 10.6 Å². The molecule has 1 heterocycles. The van der Waals surface area contributed by atoms with E-state index in [1.54, 1.807) is 12.1 Å². The largest absolute Gasteiger partial charge is 0.376 e. The van der Waals surface area contributed by atoms with Crippen LogP contribution in [0.2, 0.25) is 0 Å². The highest BCUT2D eigenvalue weighted by atomic mass is 16.5. The van der Waals surface area contributed by atoms with Crippen molar-refractivity contribution in [1.29, 1.82) is 0 Å². The van der Waals surface area contributed by atoms with Crippen molar-refractivity contribution in [1.82, 2.24) is 10.6 Å². The van der Waals surface area contributed by atoms with Gasteiger partial charge in [0.15, 0.2) is 0 Å². The highest BCUT2D eigenvalue weighted by molar-refractivity contribution is 5.94. The van der Waals surface area contributed by atoms with Gasteiger partial charge in [0.25, 0.3) is 5.91 Å². The molecule has 0 bridgehead atoms. The van der Waals surface area contributed by atoms with E-state index in [2.05, 4.69) is 10.6 Å². The van der Waals surface area contributed by atoms with Crippen molar-refractivity contribution in [2.24, 2.45) is 5.92 Å². The average Bonchev–Trinajstić information content (AvgIpc) is 3.14. The van der Waals surface area contributed by atoms with Gasteiger partial charge in [-0.05, 0) is 24.1 Å². The van der Waals surface area contributed by atoms with Crippen LogP contribution in [0.4, 0.5) is 0 Å². The molecule has 1 aliphatic rings. The zero-order valence-electron chi connectivity index (χ0n) is 14.7. The van der Waals surface area contributed by atoms with Gasteiger partial charge >= 0.3 is 0 Å². The zero-order valence-corrected chi connectivity index (χ0v) is 14.7. The molecule has 0 aliphatic carbocycles. The molecule has 0 saturated carbocycles. The summed E-state index contributed by atoms with van der Waals surface area (Å²) in [5.41, 5.74) is 1.66. The first kappa shape index (κ1) is 18.1. The van der Waals surface area contributed by atoms with Crippen LogP contribution in [0.25, 0.3) is 0 Å². The second-order valence-electron chi connectivity index (χ2n) is 6.60. The summed E-state index contributed by atoms with van der Waals surface area (Å²) < 4.78 is 5.74. The number of carbonyl (C=O) groups is 2. The maximum atomic E-state index is 12.1. The van der Waals surface area contributed by atoms with Crippen LogP contribution in [-0.2, 0) is 16.0 Å². The zero-order chi connectivity index (χ0) is 18.2. The minimum Gasteiger partial charge on any atom is -0.376 e. The summed E-state index contributed by atoms with van der Waals surface area (Å²) in [7, 11) is 0. The molecule has 1 fully saturated rings. The topological polar surface area (TPSA) is 67.4 Å². The van der Waals surface area contributed by atoms with Crippen LogP contribution in [0.1, 0.15) is 22.3 Å². The minimum absolute atomic E-state index is 0.000584. The van der Waals surface area contributed by atoms with Gasteiger partial charge in [0.05, 0.1) is 19.1 Å². The highest BCUT2D eigenvalue weighted by Gasteiger charge is 2.26. The van der Waals surface area contributed by atoms with E-state index >= 15 is 0 Å². The van der Waals surface area contributed by atoms with Crippen molar-refractivity contribution in [3.8, 4) is 0 Å². The first-order valence-electron chi connectivity index (χ1n) is 8.96. The SMILES string of the molecule is O=C(Cc1ccccc1)NC[C@@H]1C[C@H](CNC(=O)c2ccccc2)CO1. The molecule has 2 amide bonds. The fraction of sp³-hybridized carbons (Fsp3) is 0.333. The van der Waals surface area contributed by atoms with Gasteiger partial charge in [0.1, 0.15) is 0 Å². The predicted octanol–water partition coefficient (Wildman–Crippen LogP) is 2.18. The van der Waals surface area contributed by atoms with Crippen molar-refractivity contribution in [3.05, 3.63) is 71.8 Å². The van der Waals surface area contributed by atoms with E-state index in [0.29, 0.717) is 31.7 Å². The standard InChI is InChI=1S/C21H24N2O3/c24-20(12-16-7-3-1-4-8-16)22-14-19-11-17(15-26-19)13-23-21(25)18-9-5-2-6-10-18/h1-10,17,19H,11-15H2,(H,22,24)(H,23,25)/t17-,19+/m1/s1. The lowest BCUT2D eigenvalue weighted by atomic mass is 10.1. The normalized spacial score (nSPS) is 19.1. The maximum absolute atomic E-state index is 12.1. The Hall–Kier alpha value is -2.66. The summed E-state index contributed by atoms with van der Waals surface area (Å²) in [6.45, 7) is 1.70. The van der Waals surface area contributed by atoms with Gasteiger partial charge in [-0.3, -0.25) is 9.59 Å². The molecule has 0 aromatic heterocycles. The van der Waals surface area contributed by atoms with Crippen molar-refractivity contribution in [3.63, 3.8) is 0 Å². The van der Waals surface area contributed by atoms with Gasteiger partial charge in [-0.2, -0.15) is 0 Å². The molecule has 1 aliphatic heterocycles. The van der Waals surface area contributed by atoms with E-state index in [0.717, 1.165) is 12.0 Å². The number of benzene rings is 2. The Kier molecular flexibility index (Phi) is 6.39. The first-order valence-corrected chi connectivity index (χ1v) is 8.96. The van der Waals surface area contributed by atoms with E-state index in [1.165, 1.54) is 0 Å². The molecule has 0 radical (unpaired) electrons. The van der Waals surface area contributed by atoms with Gasteiger partial charge < -0.3 is 15.4 Å². The van der Waals surface area contributed by atoms with Crippen LogP contribution in [0.3, 0.4) is 0 Å². The number of hydrogen-bond acceptors (Lipinski definition) is 3. The van der Waals surface area contributed by atoms with E-state index in [4.69, 9.17) is 4.74 Å². The van der Waals surface area contributed by atoms with Crippen molar-refractivity contribution in [2.75, 3.05) is 19.7 Å². The fourth-order valence-corrected chi connectivity index (χ4v) is 3.06. The van der Waals surface area contributed by atoms with Crippen LogP contribution in [0, 0.1) is 5.92 Å². The van der Waals surface area contributed by atoms with Crippen LogP contribution in [-0.4, -0.2) is 37.6 Å². The number of hydrogen-bond donors (Lipinski definition) is 2. The molecule has 2 aromatic carbocycles. The average molecular weight is 352 g/mol. The lowest BCUT2D eigenvalue weighted by Crippen LogP contribution is -2.33. The van der Waals surface area contributed by atoms with E-state index in [-0.39, 0.29) is 23.8 Å². The Bertz CT molecular complexity index is 719. The third kappa shape index (κ3) is 5.43. The number of nitrogens with one attached hydrogen (secondary N) is 2. The number of carbonyl (C=O) groups excluding carboxylic acids is 2. The molecule has 3 rings (SSSR count). The van der Waals surface area contributed by atoms with Gasteiger partial charge in [0, 0.05) is 24.6 Å². The second-order valence-corrected chi connectivity index (χ2v) is 6.60. The number of ether oxygens (including phenoxy) is 1. The lowest BCUT2D eigenvalue weighted by Gasteiger charge is -2.12. The summed E-state index contributed by atoms with van der Waals surface area (Å²) >= 11 is 0. The van der Waals surface area contributed by atoms with Gasteiger partial charge in [-0.25, -0.2) is 0 Å². The molecule has 1 saturated heterocycles. The second kappa shape index (κ2) is 9.15. The maximum Gasteiger partial charge on any atom is 0.251 e. The van der Waals surface area contributed by atoms with Crippen molar-refractivity contribution in [2.45, 2.75) is 18.9 Å². The molecule has 0 unspecified atom stereocenters. The molecule has 2 atom stereocenters. The Morgan fingerprint density at radius 2 is 1.62 bits per heavy atom. The Labute approximate surface area is 153 Å². The van der Waals surface area contributed by atoms with Crippen molar-refractivity contribution < 1.29 is 14.3 Å². The predicted molar refractivity (Wildman–Crippen MR) is 99.8 cm³/mol. The van der Waals surface area contributed by atoms with Crippen LogP contribution >= 0.6 is 0 Å². The van der Waals surface area contributed by atoms with Gasteiger partial charge in [-0.15, -0.1) is 0 Å². The smallest absolute Gasteiger partial charge is 0.251 e. The molecule has 5 nitrogen and oxygen atoms in total.